The van der Waals surface area contributed by atoms with Gasteiger partial charge in [0.2, 0.25) is 6.17 Å². The van der Waals surface area contributed by atoms with E-state index in [2.05, 4.69) is 15.9 Å². The summed E-state index contributed by atoms with van der Waals surface area (Å²) in [7, 11) is 1.47. The Morgan fingerprint density at radius 2 is 1.90 bits per heavy atom. The molecule has 0 radical (unpaired) electrons. The van der Waals surface area contributed by atoms with E-state index in [1.807, 2.05) is 13.0 Å². The molecule has 0 N–H and O–H groups in total. The highest BCUT2D eigenvalue weighted by Gasteiger charge is 2.27. The lowest BCUT2D eigenvalue weighted by Gasteiger charge is -2.21. The summed E-state index contributed by atoms with van der Waals surface area (Å²) in [5.41, 5.74) is 1.23. The van der Waals surface area contributed by atoms with E-state index in [1.54, 1.807) is 12.1 Å². The zero-order chi connectivity index (χ0) is 15.6. The van der Waals surface area contributed by atoms with Gasteiger partial charge in [-0.05, 0) is 46.6 Å². The highest BCUT2D eigenvalue weighted by atomic mass is 79.9. The molecule has 0 heterocycles. The van der Waals surface area contributed by atoms with Crippen LogP contribution in [0.15, 0.2) is 46.9 Å². The van der Waals surface area contributed by atoms with E-state index in [0.29, 0.717) is 10.2 Å². The molecule has 1 unspecified atom stereocenters. The molecule has 0 spiro atoms. The maximum Gasteiger partial charge on any atom is 0.266 e. The van der Waals surface area contributed by atoms with E-state index in [4.69, 9.17) is 0 Å². The van der Waals surface area contributed by atoms with Crippen LogP contribution < -0.4 is 4.90 Å². The predicted octanol–water partition coefficient (Wildman–Crippen LogP) is 4.57. The van der Waals surface area contributed by atoms with Gasteiger partial charge in [-0.3, -0.25) is 4.79 Å². The summed E-state index contributed by atoms with van der Waals surface area (Å²) in [6, 6.07) is 10.8. The molecule has 0 aliphatic rings. The Kier molecular flexibility index (Phi) is 4.73. The first-order valence-corrected chi connectivity index (χ1v) is 7.13. The van der Waals surface area contributed by atoms with Gasteiger partial charge in [-0.15, -0.1) is 0 Å². The van der Waals surface area contributed by atoms with Gasteiger partial charge in [-0.25, -0.2) is 8.78 Å². The van der Waals surface area contributed by atoms with E-state index in [9.17, 15) is 13.6 Å². The van der Waals surface area contributed by atoms with E-state index >= 15 is 0 Å². The zero-order valence-corrected chi connectivity index (χ0v) is 13.2. The van der Waals surface area contributed by atoms with Crippen molar-refractivity contribution in [3.63, 3.8) is 0 Å². The van der Waals surface area contributed by atoms with Crippen LogP contribution in [0.5, 0.6) is 0 Å². The third-order valence-corrected chi connectivity index (χ3v) is 3.86. The molecule has 2 aromatic rings. The van der Waals surface area contributed by atoms with Gasteiger partial charge in [0.1, 0.15) is 5.82 Å². The third-order valence-electron chi connectivity index (χ3n) is 3.19. The van der Waals surface area contributed by atoms with Crippen molar-refractivity contribution >= 4 is 27.5 Å². The largest absolute Gasteiger partial charge is 0.312 e. The van der Waals surface area contributed by atoms with Crippen LogP contribution in [0.1, 0.15) is 17.3 Å². The molecule has 2 rings (SSSR count). The molecule has 0 fully saturated rings. The van der Waals surface area contributed by atoms with Crippen LogP contribution in [0.3, 0.4) is 0 Å². The van der Waals surface area contributed by atoms with E-state index < -0.39 is 17.9 Å². The Morgan fingerprint density at radius 3 is 2.57 bits per heavy atom. The van der Waals surface area contributed by atoms with Crippen LogP contribution in [0, 0.1) is 12.7 Å². The number of likely N-dealkylation sites (N-methyl/N-ethyl adjacent to an activating group) is 1. The fraction of sp³-hybridized carbons (Fsp3) is 0.188. The number of carbonyl (C=O) groups excluding carboxylic acids is 1. The van der Waals surface area contributed by atoms with Crippen molar-refractivity contribution < 1.29 is 13.6 Å². The first-order chi connectivity index (χ1) is 9.91. The van der Waals surface area contributed by atoms with Crippen LogP contribution in [-0.4, -0.2) is 13.0 Å². The van der Waals surface area contributed by atoms with Crippen molar-refractivity contribution in [3.05, 3.63) is 63.9 Å². The molecule has 0 aliphatic heterocycles. The monoisotopic (exact) mass is 353 g/mol. The summed E-state index contributed by atoms with van der Waals surface area (Å²) in [6.07, 6.45) is -2.04. The van der Waals surface area contributed by atoms with Crippen LogP contribution in [0.4, 0.5) is 14.5 Å². The van der Waals surface area contributed by atoms with Crippen LogP contribution >= 0.6 is 15.9 Å². The van der Waals surface area contributed by atoms with E-state index in [-0.39, 0.29) is 5.56 Å². The van der Waals surface area contributed by atoms with Crippen molar-refractivity contribution in [2.24, 2.45) is 0 Å². The highest BCUT2D eigenvalue weighted by molar-refractivity contribution is 9.10. The van der Waals surface area contributed by atoms with Gasteiger partial charge in [0, 0.05) is 17.1 Å². The number of carbonyl (C=O) groups is 1. The van der Waals surface area contributed by atoms with Crippen LogP contribution in [0.2, 0.25) is 0 Å². The summed E-state index contributed by atoms with van der Waals surface area (Å²) in [5, 5.41) is 0. The first kappa shape index (κ1) is 15.6. The number of hydrogen-bond acceptors (Lipinski definition) is 1. The summed E-state index contributed by atoms with van der Waals surface area (Å²) in [4.78, 5) is 13.4. The van der Waals surface area contributed by atoms with Crippen LogP contribution in [-0.2, 0) is 4.79 Å². The molecule has 0 saturated carbocycles. The highest BCUT2D eigenvalue weighted by Crippen LogP contribution is 2.30. The number of amides is 1. The van der Waals surface area contributed by atoms with Gasteiger partial charge in [0.25, 0.3) is 5.91 Å². The van der Waals surface area contributed by atoms with E-state index in [0.717, 1.165) is 11.6 Å². The average Bonchev–Trinajstić information content (AvgIpc) is 2.48. The SMILES string of the molecule is Cc1ccc(Br)c(N(C)C(=O)C(F)c2ccccc2F)c1. The topological polar surface area (TPSA) is 20.3 Å². The zero-order valence-electron chi connectivity index (χ0n) is 11.6. The molecule has 0 aromatic heterocycles. The Balaban J connectivity index is 2.31. The lowest BCUT2D eigenvalue weighted by Crippen LogP contribution is -2.30. The van der Waals surface area contributed by atoms with Gasteiger partial charge in [0.15, 0.2) is 0 Å². The fourth-order valence-electron chi connectivity index (χ4n) is 1.98. The molecule has 1 atom stereocenters. The number of anilines is 1. The quantitative estimate of drug-likeness (QED) is 0.791. The van der Waals surface area contributed by atoms with Gasteiger partial charge in [-0.1, -0.05) is 24.3 Å². The minimum absolute atomic E-state index is 0.252. The molecule has 110 valence electrons. The van der Waals surface area contributed by atoms with Gasteiger partial charge in [-0.2, -0.15) is 0 Å². The Hall–Kier alpha value is -1.75. The third kappa shape index (κ3) is 3.29. The molecule has 5 heteroatoms. The lowest BCUT2D eigenvalue weighted by molar-refractivity contribution is -0.123. The maximum atomic E-state index is 14.3. The number of rotatable bonds is 3. The Labute approximate surface area is 130 Å². The first-order valence-electron chi connectivity index (χ1n) is 6.34. The molecular weight excluding hydrogens is 340 g/mol. The minimum Gasteiger partial charge on any atom is -0.312 e. The van der Waals surface area contributed by atoms with Gasteiger partial charge in [0.05, 0.1) is 5.69 Å². The predicted molar refractivity (Wildman–Crippen MR) is 82.5 cm³/mol. The van der Waals surface area contributed by atoms with Crippen molar-refractivity contribution in [1.82, 2.24) is 0 Å². The molecule has 21 heavy (non-hydrogen) atoms. The number of alkyl halides is 1. The van der Waals surface area contributed by atoms with Crippen molar-refractivity contribution in [1.29, 1.82) is 0 Å². The van der Waals surface area contributed by atoms with E-state index in [1.165, 1.54) is 30.1 Å². The Bertz CT molecular complexity index is 675. The number of hydrogen-bond donors (Lipinski definition) is 0. The Morgan fingerprint density at radius 1 is 1.24 bits per heavy atom. The smallest absolute Gasteiger partial charge is 0.266 e. The number of nitrogens with zero attached hydrogens (tertiary/aromatic N) is 1. The summed E-state index contributed by atoms with van der Waals surface area (Å²) in [5.74, 6) is -1.54. The molecule has 1 amide bonds. The molecule has 2 aromatic carbocycles. The summed E-state index contributed by atoms with van der Waals surface area (Å²) < 4.78 is 28.6. The molecule has 2 nitrogen and oxygen atoms in total. The van der Waals surface area contributed by atoms with Crippen molar-refractivity contribution in [2.75, 3.05) is 11.9 Å². The molecule has 0 bridgehead atoms. The minimum atomic E-state index is -2.04. The van der Waals surface area contributed by atoms with Crippen molar-refractivity contribution in [3.8, 4) is 0 Å². The second kappa shape index (κ2) is 6.35. The molecule has 0 saturated heterocycles. The standard InChI is InChI=1S/C16H14BrF2NO/c1-10-7-8-12(17)14(9-10)20(2)16(21)15(19)11-5-3-4-6-13(11)18/h3-9,15H,1-2H3. The lowest BCUT2D eigenvalue weighted by atomic mass is 10.1. The van der Waals surface area contributed by atoms with Crippen molar-refractivity contribution in [2.45, 2.75) is 13.1 Å². The number of benzene rings is 2. The second-order valence-corrected chi connectivity index (χ2v) is 5.59. The van der Waals surface area contributed by atoms with Gasteiger partial charge >= 0.3 is 0 Å². The molecule has 0 aliphatic carbocycles. The fourth-order valence-corrected chi connectivity index (χ4v) is 2.49. The molecular formula is C16H14BrF2NO. The summed E-state index contributed by atoms with van der Waals surface area (Å²) >= 11 is 3.33. The second-order valence-electron chi connectivity index (χ2n) is 4.74. The maximum absolute atomic E-state index is 14.3. The number of aryl methyl sites for hydroxylation is 1. The number of halogens is 3. The summed E-state index contributed by atoms with van der Waals surface area (Å²) in [6.45, 7) is 1.87. The normalized spacial score (nSPS) is 12.0. The van der Waals surface area contributed by atoms with Gasteiger partial charge < -0.3 is 4.90 Å². The average molecular weight is 354 g/mol. The van der Waals surface area contributed by atoms with Crippen LogP contribution in [0.25, 0.3) is 0 Å².